The van der Waals surface area contributed by atoms with Crippen LogP contribution in [-0.2, 0) is 4.79 Å². The molecule has 3 aromatic carbocycles. The maximum Gasteiger partial charge on any atom is 0.233 e. The lowest BCUT2D eigenvalue weighted by molar-refractivity contribution is -0.111. The maximum absolute atomic E-state index is 12.3. The van der Waals surface area contributed by atoms with Crippen molar-refractivity contribution in [3.8, 4) is 17.9 Å². The van der Waals surface area contributed by atoms with Crippen LogP contribution in [0.15, 0.2) is 54.6 Å². The summed E-state index contributed by atoms with van der Waals surface area (Å²) < 4.78 is 0. The molecule has 1 N–H and O–H groups in total. The SMILES string of the molecule is N#Cc1ccc2c(c1)C(=O)C(=O)C=C2c1c(O)ccc2cc(C#N)ccc12. The Morgan fingerprint density at radius 1 is 0.815 bits per heavy atom. The van der Waals surface area contributed by atoms with Gasteiger partial charge in [-0.2, -0.15) is 10.5 Å². The minimum absolute atomic E-state index is 0.0454. The van der Waals surface area contributed by atoms with Gasteiger partial charge in [0.05, 0.1) is 23.3 Å². The van der Waals surface area contributed by atoms with E-state index in [9.17, 15) is 14.7 Å². The van der Waals surface area contributed by atoms with E-state index >= 15 is 0 Å². The summed E-state index contributed by atoms with van der Waals surface area (Å²) in [5.41, 5.74) is 2.18. The van der Waals surface area contributed by atoms with E-state index in [1.165, 1.54) is 18.2 Å². The second kappa shape index (κ2) is 5.94. The van der Waals surface area contributed by atoms with Gasteiger partial charge in [-0.1, -0.05) is 18.2 Å². The van der Waals surface area contributed by atoms with Gasteiger partial charge >= 0.3 is 0 Å². The molecule has 0 atom stereocenters. The highest BCUT2D eigenvalue weighted by molar-refractivity contribution is 6.51. The van der Waals surface area contributed by atoms with Crippen LogP contribution in [0.2, 0.25) is 0 Å². The van der Waals surface area contributed by atoms with Crippen LogP contribution < -0.4 is 0 Å². The average Bonchev–Trinajstić information content (AvgIpc) is 2.70. The molecule has 0 aromatic heterocycles. The third-order valence-electron chi connectivity index (χ3n) is 4.58. The van der Waals surface area contributed by atoms with Gasteiger partial charge in [0.2, 0.25) is 11.6 Å². The van der Waals surface area contributed by atoms with Gasteiger partial charge in [-0.05, 0) is 58.3 Å². The molecule has 0 bridgehead atoms. The molecule has 0 amide bonds. The second-order valence-corrected chi connectivity index (χ2v) is 6.13. The van der Waals surface area contributed by atoms with Gasteiger partial charge in [-0.15, -0.1) is 0 Å². The minimum atomic E-state index is -0.711. The van der Waals surface area contributed by atoms with E-state index < -0.39 is 11.6 Å². The van der Waals surface area contributed by atoms with Crippen LogP contribution in [0.4, 0.5) is 0 Å². The molecule has 0 heterocycles. The molecule has 5 heteroatoms. The van der Waals surface area contributed by atoms with Crippen molar-refractivity contribution in [2.75, 3.05) is 0 Å². The van der Waals surface area contributed by atoms with Crippen LogP contribution in [0.5, 0.6) is 5.75 Å². The molecule has 0 spiro atoms. The summed E-state index contributed by atoms with van der Waals surface area (Å²) in [4.78, 5) is 24.5. The van der Waals surface area contributed by atoms with E-state index in [1.54, 1.807) is 36.4 Å². The zero-order valence-corrected chi connectivity index (χ0v) is 13.9. The van der Waals surface area contributed by atoms with Crippen molar-refractivity contribution < 1.29 is 14.7 Å². The minimum Gasteiger partial charge on any atom is -0.507 e. The molecule has 0 radical (unpaired) electrons. The summed E-state index contributed by atoms with van der Waals surface area (Å²) >= 11 is 0. The van der Waals surface area contributed by atoms with Crippen molar-refractivity contribution in [3.63, 3.8) is 0 Å². The number of phenolic OH excluding ortho intramolecular Hbond substituents is 1. The number of carbonyl (C=O) groups is 2. The predicted molar refractivity (Wildman–Crippen MR) is 97.9 cm³/mol. The van der Waals surface area contributed by atoms with Crippen LogP contribution in [0.3, 0.4) is 0 Å². The van der Waals surface area contributed by atoms with E-state index in [0.717, 1.165) is 5.39 Å². The molecule has 1 aliphatic carbocycles. The number of ketones is 2. The number of aromatic hydroxyl groups is 1. The third kappa shape index (κ3) is 2.47. The van der Waals surface area contributed by atoms with Gasteiger partial charge < -0.3 is 5.11 Å². The number of phenols is 1. The number of benzene rings is 3. The monoisotopic (exact) mass is 350 g/mol. The zero-order valence-electron chi connectivity index (χ0n) is 13.9. The van der Waals surface area contributed by atoms with Gasteiger partial charge in [0.15, 0.2) is 0 Å². The molecular formula is C22H10N2O3. The molecule has 0 saturated carbocycles. The summed E-state index contributed by atoms with van der Waals surface area (Å²) in [7, 11) is 0. The van der Waals surface area contributed by atoms with Crippen LogP contribution in [-0.4, -0.2) is 16.7 Å². The lowest BCUT2D eigenvalue weighted by Gasteiger charge is -2.19. The van der Waals surface area contributed by atoms with Crippen molar-refractivity contribution >= 4 is 27.9 Å². The first kappa shape index (κ1) is 16.3. The van der Waals surface area contributed by atoms with Crippen molar-refractivity contribution in [1.29, 1.82) is 10.5 Å². The topological polar surface area (TPSA) is 102 Å². The van der Waals surface area contributed by atoms with Crippen molar-refractivity contribution in [1.82, 2.24) is 0 Å². The standard InChI is InChI=1S/C22H10N2O3/c23-10-12-1-4-15-14(7-12)3-6-19(25)21(15)17-9-20(26)22(27)18-8-13(11-24)2-5-16(17)18/h1-9,25H. The van der Waals surface area contributed by atoms with Gasteiger partial charge in [0.1, 0.15) is 5.75 Å². The fourth-order valence-electron chi connectivity index (χ4n) is 3.32. The molecule has 0 unspecified atom stereocenters. The summed E-state index contributed by atoms with van der Waals surface area (Å²) in [5, 5.41) is 30.1. The Morgan fingerprint density at radius 3 is 2.26 bits per heavy atom. The molecule has 27 heavy (non-hydrogen) atoms. The third-order valence-corrected chi connectivity index (χ3v) is 4.58. The number of nitrogens with zero attached hydrogens (tertiary/aromatic N) is 2. The Morgan fingerprint density at radius 2 is 1.52 bits per heavy atom. The normalized spacial score (nSPS) is 12.9. The first-order chi connectivity index (χ1) is 13.0. The Labute approximate surface area is 154 Å². The first-order valence-corrected chi connectivity index (χ1v) is 8.04. The zero-order chi connectivity index (χ0) is 19.1. The molecule has 4 rings (SSSR count). The highest BCUT2D eigenvalue weighted by atomic mass is 16.3. The molecule has 1 aliphatic rings. The Balaban J connectivity index is 2.05. The van der Waals surface area contributed by atoms with Gasteiger partial charge in [-0.3, -0.25) is 9.59 Å². The largest absolute Gasteiger partial charge is 0.507 e. The number of hydrogen-bond donors (Lipinski definition) is 1. The van der Waals surface area contributed by atoms with Gasteiger partial charge in [-0.25, -0.2) is 0 Å². The summed E-state index contributed by atoms with van der Waals surface area (Å²) in [5.74, 6) is -1.44. The second-order valence-electron chi connectivity index (χ2n) is 6.13. The van der Waals surface area contributed by atoms with Crippen LogP contribution in [0.25, 0.3) is 16.3 Å². The Hall–Kier alpha value is -4.22. The molecular weight excluding hydrogens is 340 g/mol. The van der Waals surface area contributed by atoms with E-state index in [0.29, 0.717) is 27.6 Å². The molecule has 126 valence electrons. The molecule has 0 fully saturated rings. The molecule has 0 saturated heterocycles. The van der Waals surface area contributed by atoms with Crippen LogP contribution in [0.1, 0.15) is 32.6 Å². The highest BCUT2D eigenvalue weighted by Crippen LogP contribution is 2.40. The average molecular weight is 350 g/mol. The number of fused-ring (bicyclic) bond motifs is 2. The van der Waals surface area contributed by atoms with E-state index in [1.807, 2.05) is 6.07 Å². The Bertz CT molecular complexity index is 1290. The maximum atomic E-state index is 12.3. The fraction of sp³-hybridized carbons (Fsp3) is 0. The Kier molecular flexibility index (Phi) is 3.58. The predicted octanol–water partition coefficient (Wildman–Crippen LogP) is 3.49. The summed E-state index contributed by atoms with van der Waals surface area (Å²) in [6, 6.07) is 16.8. The van der Waals surface area contributed by atoms with Crippen LogP contribution >= 0.6 is 0 Å². The number of allylic oxidation sites excluding steroid dienone is 1. The lowest BCUT2D eigenvalue weighted by atomic mass is 9.83. The number of Topliss-reactive ketones (excluding diaryl/α,β-unsaturated/α-hetero) is 1. The number of rotatable bonds is 1. The highest BCUT2D eigenvalue weighted by Gasteiger charge is 2.28. The first-order valence-electron chi connectivity index (χ1n) is 8.04. The quantitative estimate of drug-likeness (QED) is 0.677. The van der Waals surface area contributed by atoms with Crippen molar-refractivity contribution in [2.24, 2.45) is 0 Å². The number of carbonyl (C=O) groups excluding carboxylic acids is 2. The fourth-order valence-corrected chi connectivity index (χ4v) is 3.32. The van der Waals surface area contributed by atoms with E-state index in [-0.39, 0.29) is 16.9 Å². The summed E-state index contributed by atoms with van der Waals surface area (Å²) in [6.45, 7) is 0. The van der Waals surface area contributed by atoms with E-state index in [2.05, 4.69) is 6.07 Å². The lowest BCUT2D eigenvalue weighted by Crippen LogP contribution is -2.19. The van der Waals surface area contributed by atoms with Crippen molar-refractivity contribution in [3.05, 3.63) is 82.4 Å². The molecule has 0 aliphatic heterocycles. The van der Waals surface area contributed by atoms with Gasteiger partial charge in [0, 0.05) is 11.1 Å². The smallest absolute Gasteiger partial charge is 0.233 e. The van der Waals surface area contributed by atoms with Crippen molar-refractivity contribution in [2.45, 2.75) is 0 Å². The molecule has 5 nitrogen and oxygen atoms in total. The molecule has 3 aromatic rings. The van der Waals surface area contributed by atoms with Crippen LogP contribution in [0, 0.1) is 22.7 Å². The van der Waals surface area contributed by atoms with Gasteiger partial charge in [0.25, 0.3) is 0 Å². The van der Waals surface area contributed by atoms with E-state index in [4.69, 9.17) is 10.5 Å². The number of nitriles is 2. The number of hydrogen-bond acceptors (Lipinski definition) is 5. The summed E-state index contributed by atoms with van der Waals surface area (Å²) in [6.07, 6.45) is 1.21.